The SMILES string of the molecule is CC(C#Cc1ccc(Cl)c(Cl)c1)NC(=O)N1CCN(C(=O)/C=C/CN(C)C)CC1. The molecule has 1 aromatic rings. The number of rotatable bonds is 4. The van der Waals surface area contributed by atoms with Gasteiger partial charge in [0.1, 0.15) is 0 Å². The number of carbonyl (C=O) groups is 2. The van der Waals surface area contributed by atoms with E-state index in [1.54, 1.807) is 34.1 Å². The van der Waals surface area contributed by atoms with Gasteiger partial charge in [-0.15, -0.1) is 0 Å². The van der Waals surface area contributed by atoms with Gasteiger partial charge < -0.3 is 20.0 Å². The standard InChI is InChI=1S/C21H26Cl2N4O2/c1-16(6-7-17-8-9-18(22)19(23)15-17)24-21(29)27-13-11-26(12-14-27)20(28)5-4-10-25(2)3/h4-5,8-9,15-16H,10-14H2,1-3H3,(H,24,29)/b5-4+. The third kappa shape index (κ3) is 7.62. The number of halogens is 2. The van der Waals surface area contributed by atoms with E-state index >= 15 is 0 Å². The minimum Gasteiger partial charge on any atom is -0.336 e. The smallest absolute Gasteiger partial charge is 0.318 e. The summed E-state index contributed by atoms with van der Waals surface area (Å²) < 4.78 is 0. The topological polar surface area (TPSA) is 55.9 Å². The summed E-state index contributed by atoms with van der Waals surface area (Å²) in [4.78, 5) is 30.0. The third-order valence-corrected chi connectivity index (χ3v) is 5.04. The van der Waals surface area contributed by atoms with Crippen LogP contribution in [0.25, 0.3) is 0 Å². The molecule has 0 spiro atoms. The van der Waals surface area contributed by atoms with E-state index in [4.69, 9.17) is 23.2 Å². The summed E-state index contributed by atoms with van der Waals surface area (Å²) in [7, 11) is 3.89. The van der Waals surface area contributed by atoms with Gasteiger partial charge >= 0.3 is 6.03 Å². The summed E-state index contributed by atoms with van der Waals surface area (Å²) in [6, 6.07) is 4.64. The lowest BCUT2D eigenvalue weighted by Crippen LogP contribution is -2.54. The fourth-order valence-corrected chi connectivity index (χ4v) is 2.98. The van der Waals surface area contributed by atoms with Crippen molar-refractivity contribution >= 4 is 35.1 Å². The Balaban J connectivity index is 1.80. The lowest BCUT2D eigenvalue weighted by atomic mass is 10.2. The molecular formula is C21H26Cl2N4O2. The summed E-state index contributed by atoms with van der Waals surface area (Å²) in [6.07, 6.45) is 3.44. The van der Waals surface area contributed by atoms with Crippen molar-refractivity contribution < 1.29 is 9.59 Å². The van der Waals surface area contributed by atoms with Crippen molar-refractivity contribution in [2.75, 3.05) is 46.8 Å². The van der Waals surface area contributed by atoms with Crippen LogP contribution in [0.15, 0.2) is 30.4 Å². The van der Waals surface area contributed by atoms with Crippen molar-refractivity contribution in [2.24, 2.45) is 0 Å². The fourth-order valence-electron chi connectivity index (χ4n) is 2.68. The minimum absolute atomic E-state index is 0.0206. The highest BCUT2D eigenvalue weighted by molar-refractivity contribution is 6.42. The average molecular weight is 437 g/mol. The molecule has 1 heterocycles. The maximum absolute atomic E-state index is 12.4. The highest BCUT2D eigenvalue weighted by Gasteiger charge is 2.23. The van der Waals surface area contributed by atoms with Gasteiger partial charge in [0.15, 0.2) is 0 Å². The number of hydrogen-bond donors (Lipinski definition) is 1. The predicted molar refractivity (Wildman–Crippen MR) is 117 cm³/mol. The molecule has 29 heavy (non-hydrogen) atoms. The fraction of sp³-hybridized carbons (Fsp3) is 0.429. The van der Waals surface area contributed by atoms with Crippen molar-refractivity contribution in [3.05, 3.63) is 46.0 Å². The van der Waals surface area contributed by atoms with E-state index in [9.17, 15) is 9.59 Å². The molecule has 2 rings (SSSR count). The van der Waals surface area contributed by atoms with Gasteiger partial charge in [-0.05, 0) is 39.2 Å². The summed E-state index contributed by atoms with van der Waals surface area (Å²) in [6.45, 7) is 4.55. The van der Waals surface area contributed by atoms with Crippen molar-refractivity contribution in [1.82, 2.24) is 20.0 Å². The quantitative estimate of drug-likeness (QED) is 0.582. The third-order valence-electron chi connectivity index (χ3n) is 4.30. The van der Waals surface area contributed by atoms with Gasteiger partial charge in [-0.2, -0.15) is 0 Å². The summed E-state index contributed by atoms with van der Waals surface area (Å²) in [5.41, 5.74) is 0.731. The Bertz CT molecular complexity index is 822. The maximum atomic E-state index is 12.4. The Morgan fingerprint density at radius 2 is 1.83 bits per heavy atom. The molecule has 0 bridgehead atoms. The molecule has 1 aliphatic heterocycles. The van der Waals surface area contributed by atoms with E-state index in [2.05, 4.69) is 17.2 Å². The Morgan fingerprint density at radius 3 is 2.45 bits per heavy atom. The highest BCUT2D eigenvalue weighted by atomic mass is 35.5. The molecule has 1 unspecified atom stereocenters. The Morgan fingerprint density at radius 1 is 1.17 bits per heavy atom. The van der Waals surface area contributed by atoms with Crippen molar-refractivity contribution in [2.45, 2.75) is 13.0 Å². The first-order chi connectivity index (χ1) is 13.8. The maximum Gasteiger partial charge on any atom is 0.318 e. The molecule has 1 saturated heterocycles. The number of urea groups is 1. The average Bonchev–Trinajstić information content (AvgIpc) is 2.68. The van der Waals surface area contributed by atoms with E-state index in [1.807, 2.05) is 32.0 Å². The lowest BCUT2D eigenvalue weighted by molar-refractivity contribution is -0.127. The highest BCUT2D eigenvalue weighted by Crippen LogP contribution is 2.22. The van der Waals surface area contributed by atoms with Crippen LogP contribution < -0.4 is 5.32 Å². The van der Waals surface area contributed by atoms with Crippen LogP contribution in [0.1, 0.15) is 12.5 Å². The first-order valence-electron chi connectivity index (χ1n) is 9.38. The normalized spacial score (nSPS) is 15.2. The number of likely N-dealkylation sites (N-methyl/N-ethyl adjacent to an activating group) is 1. The monoisotopic (exact) mass is 436 g/mol. The number of carbonyl (C=O) groups excluding carboxylic acids is 2. The molecule has 6 nitrogen and oxygen atoms in total. The Kier molecular flexibility index (Phi) is 8.84. The second-order valence-electron chi connectivity index (χ2n) is 7.05. The van der Waals surface area contributed by atoms with Crippen LogP contribution in [0.4, 0.5) is 4.79 Å². The van der Waals surface area contributed by atoms with Crippen LogP contribution in [0.3, 0.4) is 0 Å². The molecule has 156 valence electrons. The molecule has 1 aromatic carbocycles. The number of nitrogens with zero attached hydrogens (tertiary/aromatic N) is 3. The Labute approximate surface area is 182 Å². The molecule has 0 aliphatic carbocycles. The number of benzene rings is 1. The van der Waals surface area contributed by atoms with Crippen LogP contribution in [0.2, 0.25) is 10.0 Å². The minimum atomic E-state index is -0.328. The van der Waals surface area contributed by atoms with Gasteiger partial charge in [-0.1, -0.05) is 41.1 Å². The first kappa shape index (κ1) is 23.1. The van der Waals surface area contributed by atoms with Crippen molar-refractivity contribution in [1.29, 1.82) is 0 Å². The van der Waals surface area contributed by atoms with Crippen LogP contribution in [-0.4, -0.2) is 79.5 Å². The zero-order chi connectivity index (χ0) is 21.4. The molecule has 0 saturated carbocycles. The Hall–Kier alpha value is -2.20. The number of amides is 3. The largest absolute Gasteiger partial charge is 0.336 e. The van der Waals surface area contributed by atoms with E-state index < -0.39 is 0 Å². The molecular weight excluding hydrogens is 411 g/mol. The van der Waals surface area contributed by atoms with Crippen LogP contribution in [-0.2, 0) is 4.79 Å². The summed E-state index contributed by atoms with van der Waals surface area (Å²) in [5, 5.41) is 3.79. The second-order valence-corrected chi connectivity index (χ2v) is 7.86. The molecule has 3 amide bonds. The summed E-state index contributed by atoms with van der Waals surface area (Å²) in [5.74, 6) is 5.95. The van der Waals surface area contributed by atoms with E-state index in [1.165, 1.54) is 0 Å². The van der Waals surface area contributed by atoms with Crippen LogP contribution in [0.5, 0.6) is 0 Å². The lowest BCUT2D eigenvalue weighted by Gasteiger charge is -2.34. The zero-order valence-corrected chi connectivity index (χ0v) is 18.4. The molecule has 0 radical (unpaired) electrons. The van der Waals surface area contributed by atoms with Gasteiger partial charge in [0.25, 0.3) is 0 Å². The van der Waals surface area contributed by atoms with Gasteiger partial charge in [0.2, 0.25) is 5.91 Å². The molecule has 0 aromatic heterocycles. The number of piperazine rings is 1. The summed E-state index contributed by atoms with van der Waals surface area (Å²) >= 11 is 11.9. The predicted octanol–water partition coefficient (Wildman–Crippen LogP) is 2.71. The van der Waals surface area contributed by atoms with Gasteiger partial charge in [-0.25, -0.2) is 4.79 Å². The van der Waals surface area contributed by atoms with E-state index in [-0.39, 0.29) is 18.0 Å². The van der Waals surface area contributed by atoms with Gasteiger partial charge in [0.05, 0.1) is 16.1 Å². The number of hydrogen-bond acceptors (Lipinski definition) is 3. The van der Waals surface area contributed by atoms with Gasteiger partial charge in [-0.3, -0.25) is 4.79 Å². The number of nitrogens with one attached hydrogen (secondary N) is 1. The van der Waals surface area contributed by atoms with E-state index in [0.29, 0.717) is 36.2 Å². The molecule has 8 heteroatoms. The van der Waals surface area contributed by atoms with Gasteiger partial charge in [0, 0.05) is 44.4 Å². The molecule has 1 atom stereocenters. The van der Waals surface area contributed by atoms with Crippen molar-refractivity contribution in [3.8, 4) is 11.8 Å². The van der Waals surface area contributed by atoms with Crippen molar-refractivity contribution in [3.63, 3.8) is 0 Å². The molecule has 1 fully saturated rings. The van der Waals surface area contributed by atoms with E-state index in [0.717, 1.165) is 12.1 Å². The van der Waals surface area contributed by atoms with Crippen LogP contribution in [0, 0.1) is 11.8 Å². The second kappa shape index (κ2) is 11.1. The first-order valence-corrected chi connectivity index (χ1v) is 10.1. The molecule has 1 N–H and O–H groups in total. The molecule has 1 aliphatic rings. The van der Waals surface area contributed by atoms with Crippen LogP contribution >= 0.6 is 23.2 Å². The zero-order valence-electron chi connectivity index (χ0n) is 16.9.